The zero-order chi connectivity index (χ0) is 19.0. The summed E-state index contributed by atoms with van der Waals surface area (Å²) in [4.78, 5) is 17.5. The zero-order valence-electron chi connectivity index (χ0n) is 14.9. The molecule has 3 aromatic rings. The first-order valence-electron chi connectivity index (χ1n) is 8.06. The maximum absolute atomic E-state index is 13.0. The lowest BCUT2D eigenvalue weighted by Crippen LogP contribution is -2.14. The second kappa shape index (κ2) is 7.25. The molecule has 6 nitrogen and oxygen atoms in total. The average molecular weight is 438 g/mol. The molecule has 26 heavy (non-hydrogen) atoms. The highest BCUT2D eigenvalue weighted by atomic mass is 79.9. The van der Waals surface area contributed by atoms with Crippen LogP contribution in [0.3, 0.4) is 0 Å². The van der Waals surface area contributed by atoms with E-state index in [-0.39, 0.29) is 5.91 Å². The van der Waals surface area contributed by atoms with E-state index in [2.05, 4.69) is 31.3 Å². The van der Waals surface area contributed by atoms with Gasteiger partial charge in [0.2, 0.25) is 0 Å². The number of ether oxygens (including phenoxy) is 1. The Labute approximate surface area is 164 Å². The maximum atomic E-state index is 13.0. The summed E-state index contributed by atoms with van der Waals surface area (Å²) in [6.07, 6.45) is 0. The molecule has 0 saturated carbocycles. The Kier molecular flexibility index (Phi) is 5.20. The van der Waals surface area contributed by atoms with Gasteiger partial charge in [-0.25, -0.2) is 4.98 Å². The number of hydrogen-bond acceptors (Lipinski definition) is 4. The predicted molar refractivity (Wildman–Crippen MR) is 106 cm³/mol. The van der Waals surface area contributed by atoms with Crippen LogP contribution in [0.4, 0.5) is 5.69 Å². The van der Waals surface area contributed by atoms with Crippen molar-refractivity contribution in [2.75, 3.05) is 11.9 Å². The van der Waals surface area contributed by atoms with Gasteiger partial charge in [-0.05, 0) is 54.9 Å². The minimum absolute atomic E-state index is 0.272. The Hall–Kier alpha value is -2.12. The van der Waals surface area contributed by atoms with Gasteiger partial charge in [-0.3, -0.25) is 9.48 Å². The van der Waals surface area contributed by atoms with Crippen LogP contribution < -0.4 is 10.1 Å². The SMILES string of the molecule is CCOc1c(Br)cc(Cl)cc1NC(=O)c1cc(C)nc2c1c(C)nn2C. The second-order valence-corrected chi connectivity index (χ2v) is 7.16. The number of halogens is 2. The predicted octanol–water partition coefficient (Wildman–Crippen LogP) is 4.65. The van der Waals surface area contributed by atoms with Gasteiger partial charge in [-0.2, -0.15) is 5.10 Å². The molecule has 2 heterocycles. The molecule has 1 N–H and O–H groups in total. The van der Waals surface area contributed by atoms with Crippen molar-refractivity contribution in [1.82, 2.24) is 14.8 Å². The number of aryl methyl sites for hydroxylation is 3. The van der Waals surface area contributed by atoms with Gasteiger partial charge >= 0.3 is 0 Å². The third kappa shape index (κ3) is 3.41. The number of nitrogens with zero attached hydrogens (tertiary/aromatic N) is 3. The van der Waals surface area contributed by atoms with Crippen molar-refractivity contribution in [3.8, 4) is 5.75 Å². The highest BCUT2D eigenvalue weighted by molar-refractivity contribution is 9.10. The largest absolute Gasteiger partial charge is 0.491 e. The van der Waals surface area contributed by atoms with Gasteiger partial charge in [-0.15, -0.1) is 0 Å². The molecule has 1 amide bonds. The van der Waals surface area contributed by atoms with Crippen LogP contribution in [-0.4, -0.2) is 27.3 Å². The summed E-state index contributed by atoms with van der Waals surface area (Å²) in [6.45, 7) is 6.04. The Morgan fingerprint density at radius 2 is 2.08 bits per heavy atom. The molecule has 0 bridgehead atoms. The van der Waals surface area contributed by atoms with Crippen molar-refractivity contribution >= 4 is 50.2 Å². The van der Waals surface area contributed by atoms with Crippen LogP contribution in [0.15, 0.2) is 22.7 Å². The Bertz CT molecular complexity index is 1020. The number of fused-ring (bicyclic) bond motifs is 1. The van der Waals surface area contributed by atoms with Crippen LogP contribution >= 0.6 is 27.5 Å². The zero-order valence-corrected chi connectivity index (χ0v) is 17.2. The van der Waals surface area contributed by atoms with Crippen molar-refractivity contribution < 1.29 is 9.53 Å². The van der Waals surface area contributed by atoms with E-state index >= 15 is 0 Å². The van der Waals surface area contributed by atoms with Crippen molar-refractivity contribution in [2.45, 2.75) is 20.8 Å². The first kappa shape index (κ1) is 18.7. The molecule has 0 atom stereocenters. The van der Waals surface area contributed by atoms with Gasteiger partial charge in [0.1, 0.15) is 0 Å². The summed E-state index contributed by atoms with van der Waals surface area (Å²) >= 11 is 9.57. The van der Waals surface area contributed by atoms with E-state index in [4.69, 9.17) is 16.3 Å². The molecule has 0 aliphatic carbocycles. The molecule has 1 aromatic carbocycles. The lowest BCUT2D eigenvalue weighted by Gasteiger charge is -2.14. The van der Waals surface area contributed by atoms with Crippen LogP contribution in [0, 0.1) is 13.8 Å². The molecule has 0 aliphatic heterocycles. The summed E-state index contributed by atoms with van der Waals surface area (Å²) in [5.41, 5.74) is 3.17. The summed E-state index contributed by atoms with van der Waals surface area (Å²) < 4.78 is 8.00. The highest BCUT2D eigenvalue weighted by Crippen LogP contribution is 2.37. The van der Waals surface area contributed by atoms with Gasteiger partial charge < -0.3 is 10.1 Å². The number of hydrogen-bond donors (Lipinski definition) is 1. The lowest BCUT2D eigenvalue weighted by molar-refractivity contribution is 0.102. The molecule has 0 radical (unpaired) electrons. The first-order chi connectivity index (χ1) is 12.3. The van der Waals surface area contributed by atoms with Gasteiger partial charge in [-0.1, -0.05) is 11.6 Å². The summed E-state index contributed by atoms with van der Waals surface area (Å²) in [6, 6.07) is 5.14. The van der Waals surface area contributed by atoms with Crippen LogP contribution in [-0.2, 0) is 7.05 Å². The molecule has 0 saturated heterocycles. The molecule has 0 fully saturated rings. The number of pyridine rings is 1. The third-order valence-electron chi connectivity index (χ3n) is 3.89. The number of anilines is 1. The number of amides is 1. The molecule has 136 valence electrons. The molecule has 3 rings (SSSR count). The highest BCUT2D eigenvalue weighted by Gasteiger charge is 2.20. The Balaban J connectivity index is 2.09. The fraction of sp³-hybridized carbons (Fsp3) is 0.278. The van der Waals surface area contributed by atoms with Crippen LogP contribution in [0.5, 0.6) is 5.75 Å². The topological polar surface area (TPSA) is 69.0 Å². The van der Waals surface area contributed by atoms with Gasteiger partial charge in [0.15, 0.2) is 11.4 Å². The summed E-state index contributed by atoms with van der Waals surface area (Å²) in [5, 5.41) is 8.50. The van der Waals surface area contributed by atoms with E-state index in [1.807, 2.05) is 27.8 Å². The summed E-state index contributed by atoms with van der Waals surface area (Å²) in [5.74, 6) is 0.266. The van der Waals surface area contributed by atoms with Crippen LogP contribution in [0.25, 0.3) is 11.0 Å². The van der Waals surface area contributed by atoms with Gasteiger partial charge in [0.25, 0.3) is 5.91 Å². The van der Waals surface area contributed by atoms with E-state index < -0.39 is 0 Å². The number of nitrogens with one attached hydrogen (secondary N) is 1. The molecule has 0 unspecified atom stereocenters. The molecular weight excluding hydrogens is 420 g/mol. The molecule has 0 spiro atoms. The van der Waals surface area contributed by atoms with E-state index in [9.17, 15) is 4.79 Å². The van der Waals surface area contributed by atoms with E-state index in [0.717, 1.165) is 16.8 Å². The van der Waals surface area contributed by atoms with Crippen molar-refractivity contribution in [3.63, 3.8) is 0 Å². The normalized spacial score (nSPS) is 11.0. The number of rotatable bonds is 4. The first-order valence-corrected chi connectivity index (χ1v) is 9.23. The van der Waals surface area contributed by atoms with Crippen molar-refractivity contribution in [3.05, 3.63) is 44.6 Å². The van der Waals surface area contributed by atoms with E-state index in [1.54, 1.807) is 22.9 Å². The quantitative estimate of drug-likeness (QED) is 0.645. The fourth-order valence-corrected chi connectivity index (χ4v) is 3.81. The van der Waals surface area contributed by atoms with E-state index in [1.165, 1.54) is 0 Å². The Morgan fingerprint density at radius 3 is 2.77 bits per heavy atom. The van der Waals surface area contributed by atoms with Crippen molar-refractivity contribution in [1.29, 1.82) is 0 Å². The fourth-order valence-electron chi connectivity index (χ4n) is 2.88. The van der Waals surface area contributed by atoms with E-state index in [0.29, 0.717) is 38.7 Å². The summed E-state index contributed by atoms with van der Waals surface area (Å²) in [7, 11) is 1.81. The minimum atomic E-state index is -0.272. The number of benzene rings is 1. The minimum Gasteiger partial charge on any atom is -0.491 e. The number of aromatic nitrogens is 3. The van der Waals surface area contributed by atoms with Crippen LogP contribution in [0.2, 0.25) is 5.02 Å². The third-order valence-corrected chi connectivity index (χ3v) is 4.69. The molecular formula is C18H18BrClN4O2. The van der Waals surface area contributed by atoms with Crippen LogP contribution in [0.1, 0.15) is 28.7 Å². The van der Waals surface area contributed by atoms with Gasteiger partial charge in [0.05, 0.1) is 33.4 Å². The molecule has 8 heteroatoms. The maximum Gasteiger partial charge on any atom is 0.256 e. The lowest BCUT2D eigenvalue weighted by atomic mass is 10.1. The molecule has 0 aliphatic rings. The average Bonchev–Trinajstić information content (AvgIpc) is 2.84. The van der Waals surface area contributed by atoms with Gasteiger partial charge in [0, 0.05) is 17.8 Å². The second-order valence-electron chi connectivity index (χ2n) is 5.87. The standard InChI is InChI=1S/C18H18BrClN4O2/c1-5-26-16-13(19)7-11(20)8-14(16)22-18(25)12-6-9(2)21-17-15(12)10(3)23-24(17)4/h6-8H,5H2,1-4H3,(H,22,25). The smallest absolute Gasteiger partial charge is 0.256 e. The monoisotopic (exact) mass is 436 g/mol. The molecule has 2 aromatic heterocycles. The van der Waals surface area contributed by atoms with Crippen molar-refractivity contribution in [2.24, 2.45) is 7.05 Å². The Morgan fingerprint density at radius 1 is 1.35 bits per heavy atom. The number of carbonyl (C=O) groups excluding carboxylic acids is 1. The number of carbonyl (C=O) groups is 1.